The van der Waals surface area contributed by atoms with Crippen LogP contribution in [0.25, 0.3) is 0 Å². The summed E-state index contributed by atoms with van der Waals surface area (Å²) in [7, 11) is 0. The number of rotatable bonds is 64. The van der Waals surface area contributed by atoms with Gasteiger partial charge in [-0.2, -0.15) is 0 Å². The van der Waals surface area contributed by atoms with Crippen LogP contribution in [-0.2, 0) is 33.2 Å². The van der Waals surface area contributed by atoms with Crippen LogP contribution < -0.4 is 5.32 Å². The molecular formula is C84H147NO18. The van der Waals surface area contributed by atoms with Crippen molar-refractivity contribution in [2.45, 2.75) is 401 Å². The molecule has 1 amide bonds. The van der Waals surface area contributed by atoms with Crippen LogP contribution >= 0.6 is 0 Å². The smallest absolute Gasteiger partial charge is 0.220 e. The van der Waals surface area contributed by atoms with Crippen LogP contribution in [0, 0.1) is 0 Å². The van der Waals surface area contributed by atoms with Crippen molar-refractivity contribution < 1.29 is 89.4 Å². The quantitative estimate of drug-likeness (QED) is 0.0199. The minimum absolute atomic E-state index is 0.220. The number of amides is 1. The maximum absolute atomic E-state index is 13.5. The number of carbonyl (C=O) groups is 1. The Morgan fingerprint density at radius 3 is 1.09 bits per heavy atom. The molecule has 0 radical (unpaired) electrons. The maximum Gasteiger partial charge on any atom is 0.220 e. The van der Waals surface area contributed by atoms with Gasteiger partial charge < -0.3 is 89.9 Å². The predicted molar refractivity (Wildman–Crippen MR) is 411 cm³/mol. The van der Waals surface area contributed by atoms with E-state index >= 15 is 0 Å². The first-order chi connectivity index (χ1) is 50.3. The van der Waals surface area contributed by atoms with Crippen molar-refractivity contribution >= 4 is 5.91 Å². The number of aliphatic hydroxyl groups is 11. The average Bonchev–Trinajstić information content (AvgIpc) is 0.781. The van der Waals surface area contributed by atoms with E-state index in [9.17, 15) is 61.0 Å². The monoisotopic (exact) mass is 1460 g/mol. The van der Waals surface area contributed by atoms with Gasteiger partial charge in [0.05, 0.1) is 38.6 Å². The van der Waals surface area contributed by atoms with Gasteiger partial charge in [-0.15, -0.1) is 0 Å². The predicted octanol–water partition coefficient (Wildman–Crippen LogP) is 14.0. The molecule has 12 N–H and O–H groups in total. The first-order valence-corrected chi connectivity index (χ1v) is 41.0. The molecule has 19 nitrogen and oxygen atoms in total. The molecule has 3 saturated heterocycles. The average molecular weight is 1460 g/mol. The van der Waals surface area contributed by atoms with Crippen LogP contribution in [-0.4, -0.2) is 193 Å². The van der Waals surface area contributed by atoms with Gasteiger partial charge in [0.2, 0.25) is 5.91 Å². The zero-order chi connectivity index (χ0) is 74.6. The second-order valence-electron chi connectivity index (χ2n) is 28.8. The van der Waals surface area contributed by atoms with E-state index in [1.54, 1.807) is 6.08 Å². The number of carbonyl (C=O) groups excluding carboxylic acids is 1. The Balaban J connectivity index is 1.39. The highest BCUT2D eigenvalue weighted by Crippen LogP contribution is 2.33. The van der Waals surface area contributed by atoms with Gasteiger partial charge in [0.25, 0.3) is 0 Å². The van der Waals surface area contributed by atoms with Gasteiger partial charge in [0.1, 0.15) is 73.2 Å². The number of hydrogen-bond donors (Lipinski definition) is 12. The van der Waals surface area contributed by atoms with Gasteiger partial charge in [0, 0.05) is 6.42 Å². The molecule has 0 saturated carbocycles. The summed E-state index contributed by atoms with van der Waals surface area (Å²) >= 11 is 0. The van der Waals surface area contributed by atoms with Gasteiger partial charge in [-0.25, -0.2) is 0 Å². The molecule has 3 aliphatic rings. The number of aliphatic hydroxyl groups excluding tert-OH is 11. The molecule has 0 spiro atoms. The third-order valence-corrected chi connectivity index (χ3v) is 19.9. The van der Waals surface area contributed by atoms with Crippen molar-refractivity contribution in [2.24, 2.45) is 0 Å². The standard InChI is InChI=1S/C84H147NO18/c1-3-5-7-9-11-13-15-17-19-21-23-25-27-29-31-32-33-34-36-37-39-41-43-45-47-49-51-53-55-57-59-61-68(89)67(85-72(90)62-60-58-56-54-52-50-48-46-44-42-40-38-35-30-28-26-24-22-20-18-16-14-12-10-8-6-4-2)66-98-82-78(96)75(93)80(70(64-87)100-82)103-84-79(97)76(94)81(71(65-88)101-84)102-83-77(95)74(92)73(91)69(63-86)99-83/h6,8,12,14,18,20,24,26,30,35,40,42,51,53,59,61,67-71,73-84,86-89,91-97H,3-5,7,9-11,13,15-17,19,21-23,25,27-29,31-34,36-39,41,43-50,52,54-58,60,62-66H2,1-2H3,(H,85,90)/b8-6-,14-12-,20-18-,26-24-,35-30-,42-40-,53-51+,61-59+. The Bertz CT molecular complexity index is 2240. The van der Waals surface area contributed by atoms with Crippen molar-refractivity contribution in [3.63, 3.8) is 0 Å². The molecule has 103 heavy (non-hydrogen) atoms. The lowest BCUT2D eigenvalue weighted by Crippen LogP contribution is -2.66. The van der Waals surface area contributed by atoms with Gasteiger partial charge in [0.15, 0.2) is 18.9 Å². The minimum atomic E-state index is -1.99. The second-order valence-corrected chi connectivity index (χ2v) is 28.8. The summed E-state index contributed by atoms with van der Waals surface area (Å²) in [5.74, 6) is -0.295. The van der Waals surface area contributed by atoms with E-state index in [0.29, 0.717) is 12.8 Å². The molecule has 596 valence electrons. The largest absolute Gasteiger partial charge is 0.394 e. The summed E-state index contributed by atoms with van der Waals surface area (Å²) in [5, 5.41) is 121. The van der Waals surface area contributed by atoms with Gasteiger partial charge in [-0.3, -0.25) is 4.79 Å². The Kier molecular flexibility index (Phi) is 58.0. The van der Waals surface area contributed by atoms with Crippen molar-refractivity contribution in [3.05, 3.63) is 97.2 Å². The third kappa shape index (κ3) is 43.5. The lowest BCUT2D eigenvalue weighted by Gasteiger charge is -2.48. The molecule has 3 aliphatic heterocycles. The van der Waals surface area contributed by atoms with Crippen LogP contribution in [0.3, 0.4) is 0 Å². The topological polar surface area (TPSA) is 307 Å². The first kappa shape index (κ1) is 93.9. The van der Waals surface area contributed by atoms with Crippen molar-refractivity contribution in [1.82, 2.24) is 5.32 Å². The summed E-state index contributed by atoms with van der Waals surface area (Å²) in [4.78, 5) is 13.5. The van der Waals surface area contributed by atoms with Crippen molar-refractivity contribution in [2.75, 3.05) is 26.4 Å². The SMILES string of the molecule is CC/C=C\C/C=C\C/C=C\C/C=C\C/C=C\C/C=C\CCCCCCCCCCC(=O)NC(COC1OC(CO)C(OC2OC(CO)C(OC3OC(CO)C(O)C(O)C3O)C(O)C2O)C(O)C1O)C(O)/C=C/CC/C=C/CCCCCCCCCCCCCCCCCCCCCCCCCCC. The summed E-state index contributed by atoms with van der Waals surface area (Å²) in [6.45, 7) is 1.62. The molecule has 0 bridgehead atoms. The Hall–Kier alpha value is -3.29. The Labute approximate surface area is 622 Å². The molecule has 0 aromatic rings. The van der Waals surface area contributed by atoms with Gasteiger partial charge in [-0.05, 0) is 83.5 Å². The van der Waals surface area contributed by atoms with Crippen LogP contribution in [0.1, 0.15) is 296 Å². The minimum Gasteiger partial charge on any atom is -0.394 e. The number of ether oxygens (including phenoxy) is 6. The summed E-state index contributed by atoms with van der Waals surface area (Å²) in [6.07, 6.45) is 59.7. The zero-order valence-corrected chi connectivity index (χ0v) is 63.8. The Morgan fingerprint density at radius 2 is 0.680 bits per heavy atom. The number of allylic oxidation sites excluding steroid dienone is 15. The van der Waals surface area contributed by atoms with Crippen LogP contribution in [0.5, 0.6) is 0 Å². The maximum atomic E-state index is 13.5. The highest BCUT2D eigenvalue weighted by atomic mass is 16.8. The zero-order valence-electron chi connectivity index (χ0n) is 63.8. The second kappa shape index (κ2) is 63.6. The molecule has 19 heteroatoms. The number of hydrogen-bond acceptors (Lipinski definition) is 18. The van der Waals surface area contributed by atoms with Crippen molar-refractivity contribution in [3.8, 4) is 0 Å². The summed E-state index contributed by atoms with van der Waals surface area (Å²) in [5.41, 5.74) is 0. The molecular weight excluding hydrogens is 1310 g/mol. The highest BCUT2D eigenvalue weighted by Gasteiger charge is 2.54. The molecule has 17 atom stereocenters. The van der Waals surface area contributed by atoms with E-state index in [1.165, 1.54) is 161 Å². The number of nitrogens with one attached hydrogen (secondary N) is 1. The van der Waals surface area contributed by atoms with E-state index < -0.39 is 124 Å². The van der Waals surface area contributed by atoms with Crippen LogP contribution in [0.2, 0.25) is 0 Å². The number of unbranched alkanes of at least 4 members (excludes halogenated alkanes) is 34. The van der Waals surface area contributed by atoms with E-state index in [0.717, 1.165) is 103 Å². The molecule has 3 rings (SSSR count). The van der Waals surface area contributed by atoms with Crippen LogP contribution in [0.4, 0.5) is 0 Å². The van der Waals surface area contributed by atoms with Crippen molar-refractivity contribution in [1.29, 1.82) is 0 Å². The van der Waals surface area contributed by atoms with E-state index in [4.69, 9.17) is 28.4 Å². The summed E-state index contributed by atoms with van der Waals surface area (Å²) < 4.78 is 34.4. The van der Waals surface area contributed by atoms with Gasteiger partial charge in [-0.1, -0.05) is 304 Å². The van der Waals surface area contributed by atoms with E-state index in [1.807, 2.05) is 6.08 Å². The highest BCUT2D eigenvalue weighted by molar-refractivity contribution is 5.76. The van der Waals surface area contributed by atoms with E-state index in [-0.39, 0.29) is 18.9 Å². The molecule has 0 aromatic carbocycles. The van der Waals surface area contributed by atoms with Gasteiger partial charge >= 0.3 is 0 Å². The molecule has 0 aromatic heterocycles. The fraction of sp³-hybridized carbons (Fsp3) is 0.798. The summed E-state index contributed by atoms with van der Waals surface area (Å²) in [6, 6.07) is -1.00. The molecule has 0 aliphatic carbocycles. The molecule has 17 unspecified atom stereocenters. The Morgan fingerprint density at radius 1 is 0.359 bits per heavy atom. The lowest BCUT2D eigenvalue weighted by molar-refractivity contribution is -0.379. The van der Waals surface area contributed by atoms with Crippen LogP contribution in [0.15, 0.2) is 97.2 Å². The molecule has 3 fully saturated rings. The molecule has 3 heterocycles. The fourth-order valence-electron chi connectivity index (χ4n) is 13.3. The fourth-order valence-corrected chi connectivity index (χ4v) is 13.3. The normalized spacial score (nSPS) is 26.6. The van der Waals surface area contributed by atoms with E-state index in [2.05, 4.69) is 104 Å². The third-order valence-electron chi connectivity index (χ3n) is 19.9. The lowest BCUT2D eigenvalue weighted by atomic mass is 9.96. The first-order valence-electron chi connectivity index (χ1n) is 41.0.